The summed E-state index contributed by atoms with van der Waals surface area (Å²) >= 11 is 0. The maximum Gasteiger partial charge on any atom is 0.251 e. The Hall–Kier alpha value is -3.80. The van der Waals surface area contributed by atoms with Crippen LogP contribution < -0.4 is 37.2 Å². The maximum absolute atomic E-state index is 14.0. The Morgan fingerprint density at radius 2 is 1.85 bits per heavy atom. The van der Waals surface area contributed by atoms with Crippen LogP contribution in [0.5, 0.6) is 0 Å². The number of para-hydroxylation sites is 1. The summed E-state index contributed by atoms with van der Waals surface area (Å²) in [7, 11) is 0. The van der Waals surface area contributed by atoms with Crippen molar-refractivity contribution in [2.75, 3.05) is 18.0 Å². The van der Waals surface area contributed by atoms with Gasteiger partial charge in [0.15, 0.2) is 0 Å². The van der Waals surface area contributed by atoms with E-state index < -0.39 is 24.0 Å². The molecular formula is C29H37N7O4. The summed E-state index contributed by atoms with van der Waals surface area (Å²) in [5.74, 6) is -1.45. The molecule has 11 nitrogen and oxygen atoms in total. The molecule has 0 bridgehead atoms. The van der Waals surface area contributed by atoms with Crippen LogP contribution in [0.1, 0.15) is 48.2 Å². The SMILES string of the molecule is CC[C@@H](C)[C@H](NC(=O)c1ccccc1)C(=O)N[C@H]1CCc2cccc3c2N(C1=O)[C@H](C(=O)NCC1CNNN1)C3. The topological polar surface area (TPSA) is 144 Å². The Balaban J connectivity index is 1.33. The van der Waals surface area contributed by atoms with Gasteiger partial charge in [-0.05, 0) is 42.0 Å². The lowest BCUT2D eigenvalue weighted by molar-refractivity contribution is -0.130. The summed E-state index contributed by atoms with van der Waals surface area (Å²) in [6, 6.07) is 12.3. The van der Waals surface area contributed by atoms with Crippen molar-refractivity contribution in [1.29, 1.82) is 0 Å². The molecule has 11 heteroatoms. The first-order chi connectivity index (χ1) is 19.4. The molecule has 0 aromatic heterocycles. The van der Waals surface area contributed by atoms with Crippen LogP contribution >= 0.6 is 0 Å². The van der Waals surface area contributed by atoms with Gasteiger partial charge in [-0.25, -0.2) is 10.9 Å². The van der Waals surface area contributed by atoms with E-state index >= 15 is 0 Å². The molecular weight excluding hydrogens is 510 g/mol. The molecule has 5 atom stereocenters. The van der Waals surface area contributed by atoms with Crippen molar-refractivity contribution in [2.24, 2.45) is 5.92 Å². The van der Waals surface area contributed by atoms with Gasteiger partial charge in [-0.1, -0.05) is 56.7 Å². The number of hydrazine groups is 2. The normalized spacial score (nSPS) is 23.1. The first-order valence-corrected chi connectivity index (χ1v) is 14.0. The molecule has 0 aliphatic carbocycles. The van der Waals surface area contributed by atoms with E-state index in [1.165, 1.54) is 0 Å². The minimum atomic E-state index is -0.828. The Bertz CT molecular complexity index is 1260. The zero-order valence-electron chi connectivity index (χ0n) is 22.8. The van der Waals surface area contributed by atoms with Gasteiger partial charge in [0.1, 0.15) is 18.1 Å². The van der Waals surface area contributed by atoms with Gasteiger partial charge >= 0.3 is 0 Å². The molecule has 4 amide bonds. The third-order valence-corrected chi connectivity index (χ3v) is 8.08. The van der Waals surface area contributed by atoms with Crippen molar-refractivity contribution in [2.45, 2.75) is 63.7 Å². The van der Waals surface area contributed by atoms with E-state index in [4.69, 9.17) is 0 Å². The number of amides is 4. The molecule has 6 N–H and O–H groups in total. The van der Waals surface area contributed by atoms with Crippen LogP contribution in [0.2, 0.25) is 0 Å². The molecule has 2 aromatic rings. The molecule has 3 aliphatic heterocycles. The van der Waals surface area contributed by atoms with Crippen molar-refractivity contribution >= 4 is 29.3 Å². The monoisotopic (exact) mass is 547 g/mol. The molecule has 0 saturated carbocycles. The zero-order valence-corrected chi connectivity index (χ0v) is 22.8. The van der Waals surface area contributed by atoms with Crippen molar-refractivity contribution in [3.05, 3.63) is 65.2 Å². The van der Waals surface area contributed by atoms with Crippen molar-refractivity contribution in [3.8, 4) is 0 Å². The maximum atomic E-state index is 14.0. The third-order valence-electron chi connectivity index (χ3n) is 8.08. The first-order valence-electron chi connectivity index (χ1n) is 14.0. The largest absolute Gasteiger partial charge is 0.353 e. The highest BCUT2D eigenvalue weighted by Gasteiger charge is 2.44. The second-order valence-electron chi connectivity index (χ2n) is 10.7. The van der Waals surface area contributed by atoms with Crippen LogP contribution in [0.4, 0.5) is 5.69 Å². The van der Waals surface area contributed by atoms with Crippen LogP contribution in [-0.4, -0.2) is 60.9 Å². The number of carbonyl (C=O) groups excluding carboxylic acids is 4. The highest BCUT2D eigenvalue weighted by molar-refractivity contribution is 6.08. The smallest absolute Gasteiger partial charge is 0.251 e. The summed E-state index contributed by atoms with van der Waals surface area (Å²) in [5, 5.41) is 8.78. The lowest BCUT2D eigenvalue weighted by Gasteiger charge is -2.30. The average molecular weight is 548 g/mol. The van der Waals surface area contributed by atoms with E-state index in [1.54, 1.807) is 29.2 Å². The molecule has 0 spiro atoms. The Labute approximate surface area is 233 Å². The van der Waals surface area contributed by atoms with Gasteiger partial charge in [0.2, 0.25) is 17.7 Å². The molecule has 40 heavy (non-hydrogen) atoms. The number of nitrogens with one attached hydrogen (secondary N) is 6. The molecule has 1 unspecified atom stereocenters. The number of benzene rings is 2. The molecule has 212 valence electrons. The number of anilines is 1. The van der Waals surface area contributed by atoms with E-state index in [2.05, 4.69) is 32.3 Å². The van der Waals surface area contributed by atoms with Gasteiger partial charge in [0.05, 0.1) is 11.7 Å². The van der Waals surface area contributed by atoms with Crippen LogP contribution in [0.3, 0.4) is 0 Å². The highest BCUT2D eigenvalue weighted by atomic mass is 16.2. The van der Waals surface area contributed by atoms with Crippen LogP contribution in [0.25, 0.3) is 0 Å². The fourth-order valence-corrected chi connectivity index (χ4v) is 5.60. The van der Waals surface area contributed by atoms with Gasteiger partial charge in [0.25, 0.3) is 5.91 Å². The Kier molecular flexibility index (Phi) is 8.43. The number of hydrogen-bond donors (Lipinski definition) is 6. The van der Waals surface area contributed by atoms with Crippen LogP contribution in [0, 0.1) is 5.92 Å². The van der Waals surface area contributed by atoms with Crippen molar-refractivity contribution in [3.63, 3.8) is 0 Å². The summed E-state index contributed by atoms with van der Waals surface area (Å²) < 4.78 is 0. The summed E-state index contributed by atoms with van der Waals surface area (Å²) in [6.07, 6.45) is 2.06. The van der Waals surface area contributed by atoms with Gasteiger partial charge < -0.3 is 16.0 Å². The number of hydrogen-bond acceptors (Lipinski definition) is 7. The molecule has 2 aromatic carbocycles. The molecule has 3 heterocycles. The quantitative estimate of drug-likeness (QED) is 0.265. The van der Waals surface area contributed by atoms with Crippen molar-refractivity contribution in [1.82, 2.24) is 32.3 Å². The fraction of sp³-hybridized carbons (Fsp3) is 0.448. The van der Waals surface area contributed by atoms with Gasteiger partial charge in [-0.15, -0.1) is 0 Å². The number of aryl methyl sites for hydroxylation is 1. The number of nitrogens with zero attached hydrogens (tertiary/aromatic N) is 1. The minimum Gasteiger partial charge on any atom is -0.353 e. The molecule has 0 radical (unpaired) electrons. The molecule has 1 saturated heterocycles. The summed E-state index contributed by atoms with van der Waals surface area (Å²) in [4.78, 5) is 55.4. The second kappa shape index (κ2) is 12.2. The predicted molar refractivity (Wildman–Crippen MR) is 150 cm³/mol. The third kappa shape index (κ3) is 5.72. The van der Waals surface area contributed by atoms with Gasteiger partial charge in [-0.3, -0.25) is 24.1 Å². The molecule has 1 fully saturated rings. The number of rotatable bonds is 9. The van der Waals surface area contributed by atoms with E-state index in [-0.39, 0.29) is 29.7 Å². The standard InChI is InChI=1S/C29H37N7O4/c1-3-17(2)24(33-26(37)19-8-5-4-6-9-19)28(39)32-22-13-12-18-10-7-11-20-14-23(36(25(18)20)29(22)40)27(38)30-15-21-16-31-35-34-21/h4-11,17,21-24,31,34-35H,3,12-16H2,1-2H3,(H,30,38)(H,32,39)(H,33,37)/t17-,21?,22+,23+,24+/m1/s1. The first kappa shape index (κ1) is 27.8. The van der Waals surface area contributed by atoms with Gasteiger partial charge in [-0.2, -0.15) is 5.53 Å². The Morgan fingerprint density at radius 3 is 2.58 bits per heavy atom. The predicted octanol–water partition coefficient (Wildman–Crippen LogP) is 0.317. The van der Waals surface area contributed by atoms with E-state index in [9.17, 15) is 19.2 Å². The lowest BCUT2D eigenvalue weighted by atomic mass is 9.96. The highest BCUT2D eigenvalue weighted by Crippen LogP contribution is 2.39. The second-order valence-corrected chi connectivity index (χ2v) is 10.7. The van der Waals surface area contributed by atoms with E-state index in [0.717, 1.165) is 16.8 Å². The van der Waals surface area contributed by atoms with Crippen LogP contribution in [0.15, 0.2) is 48.5 Å². The number of carbonyl (C=O) groups is 4. The minimum absolute atomic E-state index is 0.0266. The molecule has 5 rings (SSSR count). The Morgan fingerprint density at radius 1 is 1.07 bits per heavy atom. The zero-order chi connectivity index (χ0) is 28.2. The summed E-state index contributed by atoms with van der Waals surface area (Å²) in [6.45, 7) is 4.91. The lowest BCUT2D eigenvalue weighted by Crippen LogP contribution is -2.58. The molecule has 3 aliphatic rings. The van der Waals surface area contributed by atoms with Crippen LogP contribution in [-0.2, 0) is 27.2 Å². The fourth-order valence-electron chi connectivity index (χ4n) is 5.60. The van der Waals surface area contributed by atoms with E-state index in [0.29, 0.717) is 44.3 Å². The summed E-state index contributed by atoms with van der Waals surface area (Å²) in [5.41, 5.74) is 12.0. The van der Waals surface area contributed by atoms with Crippen molar-refractivity contribution < 1.29 is 19.2 Å². The average Bonchev–Trinajstić information content (AvgIpc) is 3.61. The van der Waals surface area contributed by atoms with Gasteiger partial charge in [0, 0.05) is 25.1 Å². The van der Waals surface area contributed by atoms with E-state index in [1.807, 2.05) is 38.1 Å².